The molecule has 0 saturated heterocycles. The number of benzene rings is 1. The summed E-state index contributed by atoms with van der Waals surface area (Å²) in [5.41, 5.74) is 2.70. The van der Waals surface area contributed by atoms with Crippen LogP contribution < -0.4 is 5.32 Å². The van der Waals surface area contributed by atoms with Crippen LogP contribution in [-0.4, -0.2) is 16.5 Å². The molecule has 20 heavy (non-hydrogen) atoms. The summed E-state index contributed by atoms with van der Waals surface area (Å²) >= 11 is 7.61. The lowest BCUT2D eigenvalue weighted by Crippen LogP contribution is -2.07. The van der Waals surface area contributed by atoms with Crippen molar-refractivity contribution in [1.29, 1.82) is 0 Å². The topological polar surface area (TPSA) is 37.8 Å². The number of hydrogen-bond donors (Lipinski definition) is 1. The molecule has 102 valence electrons. The lowest BCUT2D eigenvalue weighted by molar-refractivity contribution is 0.991. The first-order valence-corrected chi connectivity index (χ1v) is 7.66. The normalized spacial score (nSPS) is 10.9. The highest BCUT2D eigenvalue weighted by Gasteiger charge is 2.03. The second-order valence-corrected chi connectivity index (χ2v) is 5.97. The fourth-order valence-electron chi connectivity index (χ4n) is 2.18. The first-order chi connectivity index (χ1) is 9.72. The van der Waals surface area contributed by atoms with Crippen molar-refractivity contribution in [2.24, 2.45) is 0 Å². The average Bonchev–Trinajstić information content (AvgIpc) is 2.86. The van der Waals surface area contributed by atoms with Gasteiger partial charge in [-0.15, -0.1) is 11.3 Å². The summed E-state index contributed by atoms with van der Waals surface area (Å²) in [5, 5.41) is 7.18. The van der Waals surface area contributed by atoms with Gasteiger partial charge < -0.3 is 5.32 Å². The van der Waals surface area contributed by atoms with E-state index >= 15 is 0 Å². The molecule has 0 bridgehead atoms. The van der Waals surface area contributed by atoms with E-state index in [0.717, 1.165) is 18.8 Å². The van der Waals surface area contributed by atoms with Crippen LogP contribution in [0.15, 0.2) is 36.0 Å². The first-order valence-electron chi connectivity index (χ1n) is 6.40. The Kier molecular flexibility index (Phi) is 3.85. The molecule has 3 aromatic rings. The molecule has 0 aliphatic rings. The zero-order valence-electron chi connectivity index (χ0n) is 11.1. The summed E-state index contributed by atoms with van der Waals surface area (Å²) < 4.78 is 1.35. The van der Waals surface area contributed by atoms with Gasteiger partial charge in [-0.1, -0.05) is 11.6 Å². The molecule has 2 heterocycles. The molecule has 0 fully saturated rings. The molecule has 1 aromatic carbocycles. The Balaban J connectivity index is 1.69. The van der Waals surface area contributed by atoms with Crippen molar-refractivity contribution < 1.29 is 0 Å². The standard InChI is InChI=1S/C15H14ClN3S/c1-10-6-13-12(3-5-20-13)7-11(10)2-4-17-15-8-14(16)18-9-19-15/h3,5-9H,2,4H2,1H3,(H,17,18,19). The minimum Gasteiger partial charge on any atom is -0.370 e. The molecule has 3 nitrogen and oxygen atoms in total. The Hall–Kier alpha value is -1.65. The van der Waals surface area contributed by atoms with Crippen LogP contribution in [-0.2, 0) is 6.42 Å². The van der Waals surface area contributed by atoms with E-state index in [1.165, 1.54) is 27.5 Å². The molecule has 0 aliphatic carbocycles. The number of aryl methyl sites for hydroxylation is 1. The molecule has 3 rings (SSSR count). The molecule has 0 radical (unpaired) electrons. The summed E-state index contributed by atoms with van der Waals surface area (Å²) in [6, 6.07) is 8.43. The number of fused-ring (bicyclic) bond motifs is 1. The van der Waals surface area contributed by atoms with Gasteiger partial charge in [0.25, 0.3) is 0 Å². The van der Waals surface area contributed by atoms with Crippen molar-refractivity contribution in [2.75, 3.05) is 11.9 Å². The maximum Gasteiger partial charge on any atom is 0.134 e. The summed E-state index contributed by atoms with van der Waals surface area (Å²) in [7, 11) is 0. The maximum atomic E-state index is 5.83. The first kappa shape index (κ1) is 13.3. The van der Waals surface area contributed by atoms with E-state index in [1.807, 2.05) is 0 Å². The molecule has 0 saturated carbocycles. The summed E-state index contributed by atoms with van der Waals surface area (Å²) in [4.78, 5) is 7.99. The van der Waals surface area contributed by atoms with Gasteiger partial charge in [-0.25, -0.2) is 9.97 Å². The number of nitrogens with zero attached hydrogens (tertiary/aromatic N) is 2. The highest BCUT2D eigenvalue weighted by Crippen LogP contribution is 2.24. The lowest BCUT2D eigenvalue weighted by atomic mass is 10.0. The van der Waals surface area contributed by atoms with E-state index in [-0.39, 0.29) is 0 Å². The van der Waals surface area contributed by atoms with E-state index in [1.54, 1.807) is 17.4 Å². The Bertz CT molecular complexity index is 739. The minimum absolute atomic E-state index is 0.457. The number of nitrogens with one attached hydrogen (secondary N) is 1. The Morgan fingerprint density at radius 1 is 1.25 bits per heavy atom. The zero-order chi connectivity index (χ0) is 13.9. The van der Waals surface area contributed by atoms with Gasteiger partial charge in [-0.2, -0.15) is 0 Å². The minimum atomic E-state index is 0.457. The van der Waals surface area contributed by atoms with E-state index < -0.39 is 0 Å². The smallest absolute Gasteiger partial charge is 0.134 e. The number of hydrogen-bond acceptors (Lipinski definition) is 4. The Labute approximate surface area is 126 Å². The molecule has 1 N–H and O–H groups in total. The predicted molar refractivity (Wildman–Crippen MR) is 85.8 cm³/mol. The monoisotopic (exact) mass is 303 g/mol. The van der Waals surface area contributed by atoms with Gasteiger partial charge in [0.15, 0.2) is 0 Å². The van der Waals surface area contributed by atoms with Gasteiger partial charge in [0.1, 0.15) is 17.3 Å². The van der Waals surface area contributed by atoms with Gasteiger partial charge >= 0.3 is 0 Å². The van der Waals surface area contributed by atoms with E-state index in [9.17, 15) is 0 Å². The fraction of sp³-hybridized carbons (Fsp3) is 0.200. The third kappa shape index (κ3) is 2.92. The largest absolute Gasteiger partial charge is 0.370 e. The molecule has 0 aliphatic heterocycles. The fourth-order valence-corrected chi connectivity index (χ4v) is 3.20. The van der Waals surface area contributed by atoms with E-state index in [2.05, 4.69) is 45.8 Å². The lowest BCUT2D eigenvalue weighted by Gasteiger charge is -2.08. The van der Waals surface area contributed by atoms with Gasteiger partial charge in [-0.3, -0.25) is 0 Å². The van der Waals surface area contributed by atoms with Crippen LogP contribution in [0.25, 0.3) is 10.1 Å². The highest BCUT2D eigenvalue weighted by atomic mass is 35.5. The molecule has 0 unspecified atom stereocenters. The third-order valence-corrected chi connectivity index (χ3v) is 4.33. The average molecular weight is 304 g/mol. The van der Waals surface area contributed by atoms with Crippen LogP contribution in [0.2, 0.25) is 5.15 Å². The molecule has 2 aromatic heterocycles. The summed E-state index contributed by atoms with van der Waals surface area (Å²) in [6.07, 6.45) is 2.42. The van der Waals surface area contributed by atoms with Gasteiger partial charge in [0.05, 0.1) is 0 Å². The van der Waals surface area contributed by atoms with Crippen LogP contribution in [0.3, 0.4) is 0 Å². The van der Waals surface area contributed by atoms with Crippen molar-refractivity contribution in [3.63, 3.8) is 0 Å². The third-order valence-electron chi connectivity index (χ3n) is 3.25. The van der Waals surface area contributed by atoms with Crippen LogP contribution in [0.1, 0.15) is 11.1 Å². The highest BCUT2D eigenvalue weighted by molar-refractivity contribution is 7.17. The zero-order valence-corrected chi connectivity index (χ0v) is 12.6. The Morgan fingerprint density at radius 3 is 3.00 bits per heavy atom. The quantitative estimate of drug-likeness (QED) is 0.730. The van der Waals surface area contributed by atoms with Crippen LogP contribution in [0.4, 0.5) is 5.82 Å². The van der Waals surface area contributed by atoms with Crippen LogP contribution in [0, 0.1) is 6.92 Å². The second kappa shape index (κ2) is 5.77. The van der Waals surface area contributed by atoms with Crippen molar-refractivity contribution in [2.45, 2.75) is 13.3 Å². The molecule has 0 amide bonds. The molecule has 5 heteroatoms. The van der Waals surface area contributed by atoms with Crippen LogP contribution >= 0.6 is 22.9 Å². The van der Waals surface area contributed by atoms with Crippen LogP contribution in [0.5, 0.6) is 0 Å². The van der Waals surface area contributed by atoms with Crippen molar-refractivity contribution in [3.8, 4) is 0 Å². The van der Waals surface area contributed by atoms with E-state index in [0.29, 0.717) is 5.15 Å². The van der Waals surface area contributed by atoms with Crippen molar-refractivity contribution in [3.05, 3.63) is 52.3 Å². The predicted octanol–water partition coefficient (Wildman–Crippen LogP) is 4.31. The summed E-state index contributed by atoms with van der Waals surface area (Å²) in [5.74, 6) is 0.763. The van der Waals surface area contributed by atoms with Gasteiger partial charge in [-0.05, 0) is 53.4 Å². The maximum absolute atomic E-state index is 5.83. The number of halogens is 1. The number of rotatable bonds is 4. The van der Waals surface area contributed by atoms with Crippen molar-refractivity contribution in [1.82, 2.24) is 9.97 Å². The SMILES string of the molecule is Cc1cc2sccc2cc1CCNc1cc(Cl)ncn1. The number of aromatic nitrogens is 2. The molecular formula is C15H14ClN3S. The second-order valence-electron chi connectivity index (χ2n) is 4.64. The molecular weight excluding hydrogens is 290 g/mol. The van der Waals surface area contributed by atoms with Gasteiger partial charge in [0, 0.05) is 17.3 Å². The Morgan fingerprint density at radius 2 is 2.15 bits per heavy atom. The molecule has 0 spiro atoms. The van der Waals surface area contributed by atoms with E-state index in [4.69, 9.17) is 11.6 Å². The molecule has 0 atom stereocenters. The van der Waals surface area contributed by atoms with Crippen molar-refractivity contribution >= 4 is 38.8 Å². The number of anilines is 1. The van der Waals surface area contributed by atoms with Gasteiger partial charge in [0.2, 0.25) is 0 Å². The number of thiophene rings is 1. The summed E-state index contributed by atoms with van der Waals surface area (Å²) in [6.45, 7) is 2.99.